The van der Waals surface area contributed by atoms with Crippen LogP contribution >= 0.6 is 11.3 Å². The first-order chi connectivity index (χ1) is 16.8. The second kappa shape index (κ2) is 8.83. The Bertz CT molecular complexity index is 1300. The molecule has 7 heteroatoms. The van der Waals surface area contributed by atoms with Crippen LogP contribution in [0.5, 0.6) is 11.5 Å². The van der Waals surface area contributed by atoms with Crippen molar-refractivity contribution in [2.45, 2.75) is 64.7 Å². The molecule has 35 heavy (non-hydrogen) atoms. The van der Waals surface area contributed by atoms with E-state index in [4.69, 9.17) is 9.47 Å². The van der Waals surface area contributed by atoms with E-state index in [1.54, 1.807) is 30.5 Å². The smallest absolute Gasteiger partial charge is 0.232 e. The molecular weight excluding hydrogens is 460 g/mol. The molecule has 0 spiro atoms. The summed E-state index contributed by atoms with van der Waals surface area (Å²) >= 11 is 1.56. The summed E-state index contributed by atoms with van der Waals surface area (Å²) in [5.74, 6) is 0.843. The quantitative estimate of drug-likeness (QED) is 0.551. The van der Waals surface area contributed by atoms with Crippen molar-refractivity contribution in [3.63, 3.8) is 0 Å². The average Bonchev–Trinajstić information content (AvgIpc) is 3.20. The van der Waals surface area contributed by atoms with Crippen molar-refractivity contribution < 1.29 is 19.1 Å². The van der Waals surface area contributed by atoms with Crippen LogP contribution in [0.25, 0.3) is 0 Å². The fraction of sp³-hybridized carbons (Fsp3) is 0.464. The van der Waals surface area contributed by atoms with Crippen molar-refractivity contribution in [2.24, 2.45) is 5.41 Å². The van der Waals surface area contributed by atoms with Crippen LogP contribution in [0.1, 0.15) is 73.4 Å². The summed E-state index contributed by atoms with van der Waals surface area (Å²) in [6.07, 6.45) is 5.12. The van der Waals surface area contributed by atoms with Gasteiger partial charge in [0.2, 0.25) is 5.91 Å². The largest absolute Gasteiger partial charge is 0.497 e. The monoisotopic (exact) mass is 490 g/mol. The summed E-state index contributed by atoms with van der Waals surface area (Å²) < 4.78 is 11.1. The van der Waals surface area contributed by atoms with Crippen molar-refractivity contribution in [3.8, 4) is 17.6 Å². The number of carbonyl (C=O) groups is 2. The molecule has 1 aromatic heterocycles. The number of hydrogen-bond acceptors (Lipinski definition) is 6. The van der Waals surface area contributed by atoms with Gasteiger partial charge in [0.05, 0.1) is 19.8 Å². The summed E-state index contributed by atoms with van der Waals surface area (Å²) in [6, 6.07) is 7.91. The van der Waals surface area contributed by atoms with E-state index in [0.29, 0.717) is 40.5 Å². The van der Waals surface area contributed by atoms with E-state index < -0.39 is 5.92 Å². The third-order valence-corrected chi connectivity index (χ3v) is 8.70. The van der Waals surface area contributed by atoms with Gasteiger partial charge in [0.25, 0.3) is 0 Å². The first-order valence-electron chi connectivity index (χ1n) is 12.1. The van der Waals surface area contributed by atoms with Crippen LogP contribution in [0.2, 0.25) is 0 Å². The fourth-order valence-corrected chi connectivity index (χ4v) is 7.23. The van der Waals surface area contributed by atoms with Crippen LogP contribution in [0.4, 0.5) is 5.00 Å². The van der Waals surface area contributed by atoms with Gasteiger partial charge >= 0.3 is 0 Å². The Morgan fingerprint density at radius 1 is 1.11 bits per heavy atom. The summed E-state index contributed by atoms with van der Waals surface area (Å²) in [4.78, 5) is 30.5. The highest BCUT2D eigenvalue weighted by Gasteiger charge is 2.46. The minimum atomic E-state index is -0.414. The number of allylic oxidation sites excluding steroid dienone is 2. The highest BCUT2D eigenvalue weighted by molar-refractivity contribution is 7.16. The second-order valence-corrected chi connectivity index (χ2v) is 11.5. The van der Waals surface area contributed by atoms with Gasteiger partial charge in [-0.05, 0) is 61.3 Å². The van der Waals surface area contributed by atoms with Gasteiger partial charge in [-0.1, -0.05) is 13.8 Å². The Morgan fingerprint density at radius 3 is 2.60 bits per heavy atom. The Balaban J connectivity index is 1.73. The minimum absolute atomic E-state index is 0.0588. The number of amides is 1. The summed E-state index contributed by atoms with van der Waals surface area (Å²) in [6.45, 7) is 4.13. The van der Waals surface area contributed by atoms with Crippen LogP contribution in [0.15, 0.2) is 29.5 Å². The predicted molar refractivity (Wildman–Crippen MR) is 135 cm³/mol. The number of Topliss-reactive ketones (excluding diaryl/α,β-unsaturated/α-hetero) is 1. The molecule has 2 aliphatic carbocycles. The highest BCUT2D eigenvalue weighted by atomic mass is 32.1. The molecule has 5 rings (SSSR count). The van der Waals surface area contributed by atoms with Gasteiger partial charge in [0.1, 0.15) is 22.6 Å². The molecule has 0 fully saturated rings. The third-order valence-electron chi connectivity index (χ3n) is 7.42. The maximum absolute atomic E-state index is 13.9. The van der Waals surface area contributed by atoms with Gasteiger partial charge in [0, 0.05) is 40.5 Å². The average molecular weight is 491 g/mol. The zero-order valence-electron chi connectivity index (χ0n) is 20.7. The van der Waals surface area contributed by atoms with Crippen LogP contribution < -0.4 is 14.4 Å². The number of methoxy groups -OCH3 is 2. The van der Waals surface area contributed by atoms with Gasteiger partial charge in [0.15, 0.2) is 5.78 Å². The number of nitriles is 1. The number of thiophene rings is 1. The first kappa shape index (κ1) is 23.6. The van der Waals surface area contributed by atoms with Crippen LogP contribution in [-0.2, 0) is 22.4 Å². The molecule has 0 N–H and O–H groups in total. The molecular formula is C28H30N2O4S. The molecule has 1 atom stereocenters. The molecule has 0 saturated heterocycles. The van der Waals surface area contributed by atoms with E-state index in [-0.39, 0.29) is 23.5 Å². The van der Waals surface area contributed by atoms with E-state index in [0.717, 1.165) is 42.5 Å². The summed E-state index contributed by atoms with van der Waals surface area (Å²) in [5.41, 5.74) is 3.62. The third kappa shape index (κ3) is 3.94. The lowest BCUT2D eigenvalue weighted by Crippen LogP contribution is -2.43. The number of rotatable bonds is 4. The number of carbonyl (C=O) groups excluding carboxylic acids is 2. The van der Waals surface area contributed by atoms with Gasteiger partial charge in [-0.25, -0.2) is 0 Å². The number of hydrogen-bond donors (Lipinski definition) is 0. The first-order valence-corrected chi connectivity index (χ1v) is 13.0. The fourth-order valence-electron chi connectivity index (χ4n) is 5.85. The molecule has 2 aromatic rings. The number of aryl methyl sites for hydroxylation is 1. The van der Waals surface area contributed by atoms with Gasteiger partial charge in [-0.3, -0.25) is 14.5 Å². The number of ketones is 1. The molecule has 0 radical (unpaired) electrons. The number of ether oxygens (including phenoxy) is 2. The maximum atomic E-state index is 13.9. The van der Waals surface area contributed by atoms with E-state index in [2.05, 4.69) is 19.9 Å². The van der Waals surface area contributed by atoms with Crippen LogP contribution in [0, 0.1) is 16.7 Å². The van der Waals surface area contributed by atoms with Crippen molar-refractivity contribution >= 4 is 28.0 Å². The van der Waals surface area contributed by atoms with Gasteiger partial charge in [-0.15, -0.1) is 11.3 Å². The second-order valence-electron chi connectivity index (χ2n) is 10.4. The molecule has 1 aromatic carbocycles. The normalized spacial score (nSPS) is 21.3. The number of benzene rings is 1. The lowest BCUT2D eigenvalue weighted by molar-refractivity contribution is -0.120. The Labute approximate surface area is 210 Å². The Kier molecular flexibility index (Phi) is 5.96. The van der Waals surface area contributed by atoms with Crippen molar-refractivity contribution in [1.29, 1.82) is 5.26 Å². The van der Waals surface area contributed by atoms with E-state index in [9.17, 15) is 14.9 Å². The summed E-state index contributed by atoms with van der Waals surface area (Å²) in [5, 5.41) is 10.8. The lowest BCUT2D eigenvalue weighted by Gasteiger charge is -2.42. The van der Waals surface area contributed by atoms with Crippen molar-refractivity contribution in [1.82, 2.24) is 0 Å². The highest BCUT2D eigenvalue weighted by Crippen LogP contribution is 2.52. The number of anilines is 1. The summed E-state index contributed by atoms with van der Waals surface area (Å²) in [7, 11) is 3.19. The SMILES string of the molecule is COc1ccc(OC)c(C2CC(=O)N(c3sc4c(c3C#N)CCCC4)C3=C2C(=O)CC(C)(C)C3)c1. The molecule has 182 valence electrons. The van der Waals surface area contributed by atoms with Gasteiger partial charge < -0.3 is 9.47 Å². The standard InChI is InChI=1S/C28H30N2O4S/c1-28(2)13-21-26(22(31)14-28)19(18-11-16(33-3)9-10-23(18)34-4)12-25(32)30(21)27-20(15-29)17-7-5-6-8-24(17)35-27/h9-11,19H,5-8,12-14H2,1-4H3. The Hall–Kier alpha value is -3.11. The molecule has 6 nitrogen and oxygen atoms in total. The Morgan fingerprint density at radius 2 is 1.89 bits per heavy atom. The molecule has 1 amide bonds. The lowest BCUT2D eigenvalue weighted by atomic mass is 9.69. The molecule has 0 saturated carbocycles. The van der Waals surface area contributed by atoms with E-state index >= 15 is 0 Å². The zero-order chi connectivity index (χ0) is 24.9. The molecule has 2 heterocycles. The number of nitrogens with zero attached hydrogens (tertiary/aromatic N) is 2. The van der Waals surface area contributed by atoms with Crippen molar-refractivity contribution in [2.75, 3.05) is 19.1 Å². The zero-order valence-corrected chi connectivity index (χ0v) is 21.5. The molecule has 3 aliphatic rings. The van der Waals surface area contributed by atoms with Crippen LogP contribution in [0.3, 0.4) is 0 Å². The molecule has 0 bridgehead atoms. The maximum Gasteiger partial charge on any atom is 0.232 e. The van der Waals surface area contributed by atoms with Crippen molar-refractivity contribution in [3.05, 3.63) is 51.0 Å². The van der Waals surface area contributed by atoms with E-state index in [1.807, 2.05) is 18.2 Å². The molecule has 1 unspecified atom stereocenters. The topological polar surface area (TPSA) is 79.6 Å². The predicted octanol–water partition coefficient (Wildman–Crippen LogP) is 5.68. The van der Waals surface area contributed by atoms with E-state index in [1.165, 1.54) is 4.88 Å². The van der Waals surface area contributed by atoms with Gasteiger partial charge in [-0.2, -0.15) is 5.26 Å². The molecule has 1 aliphatic heterocycles. The number of fused-ring (bicyclic) bond motifs is 1. The minimum Gasteiger partial charge on any atom is -0.497 e. The van der Waals surface area contributed by atoms with Crippen LogP contribution in [-0.4, -0.2) is 25.9 Å².